The van der Waals surface area contributed by atoms with Gasteiger partial charge in [0.2, 0.25) is 0 Å². The molecule has 0 aromatic heterocycles. The molecule has 0 atom stereocenters. The van der Waals surface area contributed by atoms with Crippen molar-refractivity contribution in [2.24, 2.45) is 0 Å². The first-order chi connectivity index (χ1) is 17.3. The molecule has 1 N–H and O–H groups in total. The highest BCUT2D eigenvalue weighted by Crippen LogP contribution is 2.52. The van der Waals surface area contributed by atoms with Gasteiger partial charge in [-0.2, -0.15) is 36.0 Å². The van der Waals surface area contributed by atoms with Gasteiger partial charge in [-0.05, 0) is 62.5 Å². The Morgan fingerprint density at radius 1 is 1.03 bits per heavy atom. The maximum absolute atomic E-state index is 14.6. The van der Waals surface area contributed by atoms with Crippen molar-refractivity contribution in [1.82, 2.24) is 5.32 Å². The predicted molar refractivity (Wildman–Crippen MR) is 122 cm³/mol. The Morgan fingerprint density at radius 2 is 1.61 bits per heavy atom. The van der Waals surface area contributed by atoms with E-state index in [1.54, 1.807) is 0 Å². The van der Waals surface area contributed by atoms with Crippen LogP contribution in [-0.4, -0.2) is 41.6 Å². The number of nitrogens with zero attached hydrogens (tertiary/aromatic N) is 3. The Balaban J connectivity index is 2.09. The van der Waals surface area contributed by atoms with Crippen molar-refractivity contribution in [1.29, 1.82) is 5.26 Å². The highest BCUT2D eigenvalue weighted by atomic mass is 32.1. The van der Waals surface area contributed by atoms with Crippen LogP contribution in [0.3, 0.4) is 0 Å². The van der Waals surface area contributed by atoms with E-state index in [1.807, 2.05) is 0 Å². The Labute approximate surface area is 215 Å². The van der Waals surface area contributed by atoms with Gasteiger partial charge in [0.1, 0.15) is 11.4 Å². The second kappa shape index (κ2) is 9.19. The number of hydrogen-bond acceptors (Lipinski definition) is 4. The number of anilines is 2. The number of carbonyl (C=O) groups is 2. The standard InChI is InChI=1S/C23H16F8N4O2S/c1-20(2)18(37)34(19(38)35(20)13-4-6-14(16(24)9-13)17(36)33-3)12-5-7-15(11(8-12)10-32)21(25,26)22(27,28)23(29,30)31/h4-9H,1-3H3,(H,33,36). The Kier molecular flexibility index (Phi) is 6.96. The summed E-state index contributed by atoms with van der Waals surface area (Å²) in [5.74, 6) is -14.8. The quantitative estimate of drug-likeness (QED) is 0.396. The summed E-state index contributed by atoms with van der Waals surface area (Å²) in [6, 6.07) is 5.81. The molecule has 2 aromatic carbocycles. The summed E-state index contributed by atoms with van der Waals surface area (Å²) in [5.41, 5.74) is -5.40. The second-order valence-electron chi connectivity index (χ2n) is 8.55. The van der Waals surface area contributed by atoms with Gasteiger partial charge in [-0.3, -0.25) is 14.5 Å². The topological polar surface area (TPSA) is 76.4 Å². The zero-order valence-electron chi connectivity index (χ0n) is 19.6. The maximum Gasteiger partial charge on any atom is 0.460 e. The smallest absolute Gasteiger partial charge is 0.355 e. The van der Waals surface area contributed by atoms with Crippen LogP contribution < -0.4 is 15.1 Å². The number of hydrogen-bond donors (Lipinski definition) is 1. The molecule has 3 rings (SSSR count). The van der Waals surface area contributed by atoms with E-state index in [0.29, 0.717) is 12.1 Å². The second-order valence-corrected chi connectivity index (χ2v) is 8.91. The van der Waals surface area contributed by atoms with Crippen LogP contribution in [0.1, 0.15) is 35.3 Å². The van der Waals surface area contributed by atoms with Gasteiger partial charge in [-0.25, -0.2) is 4.39 Å². The molecule has 2 aromatic rings. The average Bonchev–Trinajstić information content (AvgIpc) is 3.00. The fraction of sp³-hybridized carbons (Fsp3) is 0.304. The number of rotatable bonds is 5. The molecule has 1 fully saturated rings. The number of alkyl halides is 7. The van der Waals surface area contributed by atoms with E-state index in [1.165, 1.54) is 27.0 Å². The van der Waals surface area contributed by atoms with Gasteiger partial charge < -0.3 is 10.2 Å². The van der Waals surface area contributed by atoms with Crippen LogP contribution in [0.4, 0.5) is 46.5 Å². The van der Waals surface area contributed by atoms with Crippen molar-refractivity contribution in [3.8, 4) is 6.07 Å². The van der Waals surface area contributed by atoms with Gasteiger partial charge in [0, 0.05) is 18.3 Å². The molecule has 0 radical (unpaired) electrons. The van der Waals surface area contributed by atoms with E-state index < -0.39 is 52.3 Å². The minimum absolute atomic E-state index is 0.00878. The number of amides is 2. The summed E-state index contributed by atoms with van der Waals surface area (Å²) in [7, 11) is 1.28. The molecule has 202 valence electrons. The fourth-order valence-electron chi connectivity index (χ4n) is 3.80. The summed E-state index contributed by atoms with van der Waals surface area (Å²) in [5, 5.41) is 11.2. The van der Waals surface area contributed by atoms with E-state index in [9.17, 15) is 50.0 Å². The molecule has 0 unspecified atom stereocenters. The van der Waals surface area contributed by atoms with E-state index in [-0.39, 0.29) is 28.1 Å². The monoisotopic (exact) mass is 564 g/mol. The van der Waals surface area contributed by atoms with E-state index in [4.69, 9.17) is 12.2 Å². The summed E-state index contributed by atoms with van der Waals surface area (Å²) in [4.78, 5) is 26.9. The first-order valence-corrected chi connectivity index (χ1v) is 10.8. The third-order valence-corrected chi connectivity index (χ3v) is 6.19. The van der Waals surface area contributed by atoms with Gasteiger partial charge in [-0.15, -0.1) is 0 Å². The minimum atomic E-state index is -6.62. The highest BCUT2D eigenvalue weighted by Gasteiger charge is 2.74. The minimum Gasteiger partial charge on any atom is -0.355 e. The lowest BCUT2D eigenvalue weighted by Crippen LogP contribution is -2.50. The van der Waals surface area contributed by atoms with Crippen molar-refractivity contribution in [3.05, 3.63) is 58.9 Å². The average molecular weight is 564 g/mol. The van der Waals surface area contributed by atoms with E-state index >= 15 is 0 Å². The van der Waals surface area contributed by atoms with Gasteiger partial charge in [0.05, 0.1) is 22.9 Å². The predicted octanol–water partition coefficient (Wildman–Crippen LogP) is 5.26. The molecule has 15 heteroatoms. The van der Waals surface area contributed by atoms with Crippen LogP contribution in [0.15, 0.2) is 36.4 Å². The molecule has 1 aliphatic heterocycles. The molecule has 1 aliphatic rings. The molecule has 0 bridgehead atoms. The van der Waals surface area contributed by atoms with Crippen molar-refractivity contribution < 1.29 is 44.7 Å². The molecular weight excluding hydrogens is 548 g/mol. The number of nitrogens with one attached hydrogen (secondary N) is 1. The van der Waals surface area contributed by atoms with Crippen molar-refractivity contribution in [3.63, 3.8) is 0 Å². The third-order valence-electron chi connectivity index (χ3n) is 5.82. The lowest BCUT2D eigenvalue weighted by atomic mass is 9.96. The van der Waals surface area contributed by atoms with Crippen LogP contribution in [0.2, 0.25) is 0 Å². The summed E-state index contributed by atoms with van der Waals surface area (Å²) in [6.07, 6.45) is -6.62. The van der Waals surface area contributed by atoms with E-state index in [0.717, 1.165) is 28.0 Å². The molecule has 6 nitrogen and oxygen atoms in total. The highest BCUT2D eigenvalue weighted by molar-refractivity contribution is 7.81. The lowest BCUT2D eigenvalue weighted by molar-refractivity contribution is -0.359. The Morgan fingerprint density at radius 3 is 2.11 bits per heavy atom. The molecule has 0 spiro atoms. The largest absolute Gasteiger partial charge is 0.460 e. The summed E-state index contributed by atoms with van der Waals surface area (Å²) >= 11 is 5.33. The molecule has 0 aliphatic carbocycles. The molecule has 1 heterocycles. The molecule has 1 saturated heterocycles. The molecule has 38 heavy (non-hydrogen) atoms. The van der Waals surface area contributed by atoms with Crippen molar-refractivity contribution >= 4 is 40.5 Å². The fourth-order valence-corrected chi connectivity index (χ4v) is 4.32. The van der Waals surface area contributed by atoms with Gasteiger partial charge >= 0.3 is 18.0 Å². The first-order valence-electron chi connectivity index (χ1n) is 10.4. The number of halogens is 8. The normalized spacial score (nSPS) is 16.1. The van der Waals surface area contributed by atoms with Crippen molar-refractivity contribution in [2.45, 2.75) is 37.4 Å². The van der Waals surface area contributed by atoms with Gasteiger partial charge in [-0.1, -0.05) is 0 Å². The van der Waals surface area contributed by atoms with Crippen LogP contribution in [0, 0.1) is 17.1 Å². The SMILES string of the molecule is CNC(=O)c1ccc(N2C(=S)N(c3ccc(C(F)(F)C(F)(F)C(F)(F)F)c(C#N)c3)C(=O)C2(C)C)cc1F. The van der Waals surface area contributed by atoms with E-state index in [2.05, 4.69) is 5.32 Å². The number of benzene rings is 2. The Bertz CT molecular complexity index is 1380. The number of nitriles is 1. The van der Waals surface area contributed by atoms with Crippen LogP contribution in [0.25, 0.3) is 0 Å². The number of thiocarbonyl (C=S) groups is 1. The zero-order chi connectivity index (χ0) is 29.0. The van der Waals surface area contributed by atoms with Crippen LogP contribution in [0.5, 0.6) is 0 Å². The summed E-state index contributed by atoms with van der Waals surface area (Å²) in [6.45, 7) is 2.73. The number of carbonyl (C=O) groups excluding carboxylic acids is 2. The third kappa shape index (κ3) is 4.22. The van der Waals surface area contributed by atoms with Crippen LogP contribution >= 0.6 is 12.2 Å². The first kappa shape index (κ1) is 28.8. The lowest BCUT2D eigenvalue weighted by Gasteiger charge is -2.29. The zero-order valence-corrected chi connectivity index (χ0v) is 20.4. The Hall–Kier alpha value is -3.80. The maximum atomic E-state index is 14.6. The molecule has 2 amide bonds. The van der Waals surface area contributed by atoms with Crippen LogP contribution in [-0.2, 0) is 10.7 Å². The van der Waals surface area contributed by atoms with Gasteiger partial charge in [0.15, 0.2) is 5.11 Å². The van der Waals surface area contributed by atoms with Crippen molar-refractivity contribution in [2.75, 3.05) is 16.8 Å². The van der Waals surface area contributed by atoms with Gasteiger partial charge in [0.25, 0.3) is 11.8 Å². The molecule has 0 saturated carbocycles. The molecular formula is C23H16F8N4O2S. The summed E-state index contributed by atoms with van der Waals surface area (Å²) < 4.78 is 108.